The highest BCUT2D eigenvalue weighted by Gasteiger charge is 2.33. The highest BCUT2D eigenvalue weighted by atomic mass is 16.6. The zero-order chi connectivity index (χ0) is 23.3. The molecule has 1 aliphatic heterocycles. The molecule has 32 heavy (non-hydrogen) atoms. The summed E-state index contributed by atoms with van der Waals surface area (Å²) >= 11 is 0. The molecule has 0 fully saturated rings. The molecule has 0 saturated carbocycles. The average Bonchev–Trinajstić information content (AvgIpc) is 3.09. The lowest BCUT2D eigenvalue weighted by molar-refractivity contribution is -0.111. The normalized spacial score (nSPS) is 15.1. The van der Waals surface area contributed by atoms with Crippen molar-refractivity contribution in [3.8, 4) is 11.5 Å². The molecular formula is C24H29N3O5. The fraction of sp³-hybridized carbons (Fsp3) is 0.375. The van der Waals surface area contributed by atoms with E-state index in [0.29, 0.717) is 17.1 Å². The van der Waals surface area contributed by atoms with E-state index >= 15 is 0 Å². The fourth-order valence-corrected chi connectivity index (χ4v) is 3.65. The molecule has 0 bridgehead atoms. The number of ketones is 1. The number of hydrogen-bond acceptors (Lipinski definition) is 8. The van der Waals surface area contributed by atoms with Gasteiger partial charge in [0.15, 0.2) is 23.0 Å². The third-order valence-electron chi connectivity index (χ3n) is 5.06. The molecule has 3 rings (SSSR count). The molecule has 0 atom stereocenters. The van der Waals surface area contributed by atoms with E-state index in [0.717, 1.165) is 28.8 Å². The summed E-state index contributed by atoms with van der Waals surface area (Å²) < 4.78 is 12.4. The van der Waals surface area contributed by atoms with Crippen LogP contribution in [0.5, 0.6) is 11.5 Å². The third kappa shape index (κ3) is 5.08. The minimum atomic E-state index is -0.338. The van der Waals surface area contributed by atoms with Crippen molar-refractivity contribution < 1.29 is 23.9 Å². The van der Waals surface area contributed by atoms with Crippen LogP contribution in [0.25, 0.3) is 0 Å². The van der Waals surface area contributed by atoms with Crippen molar-refractivity contribution >= 4 is 17.2 Å². The Hall–Kier alpha value is -3.39. The number of carbonyl (C=O) groups excluding carboxylic acids is 1. The van der Waals surface area contributed by atoms with Crippen molar-refractivity contribution in [3.63, 3.8) is 0 Å². The summed E-state index contributed by atoms with van der Waals surface area (Å²) in [5, 5.41) is 7.94. The third-order valence-corrected chi connectivity index (χ3v) is 5.06. The van der Waals surface area contributed by atoms with E-state index in [9.17, 15) is 4.79 Å². The first kappa shape index (κ1) is 23.3. The second kappa shape index (κ2) is 9.82. The molecule has 8 nitrogen and oxygen atoms in total. The Kier molecular flexibility index (Phi) is 7.15. The summed E-state index contributed by atoms with van der Waals surface area (Å²) in [4.78, 5) is 22.1. The van der Waals surface area contributed by atoms with Gasteiger partial charge in [-0.15, -0.1) is 0 Å². The number of rotatable bonds is 9. The highest BCUT2D eigenvalue weighted by molar-refractivity contribution is 6.47. The Balaban J connectivity index is 1.97. The first-order valence-electron chi connectivity index (χ1n) is 10.3. The van der Waals surface area contributed by atoms with E-state index in [1.807, 2.05) is 51.1 Å². The zero-order valence-electron chi connectivity index (χ0n) is 19.1. The lowest BCUT2D eigenvalue weighted by Gasteiger charge is -2.19. The molecule has 0 saturated heterocycles. The molecule has 0 unspecified atom stereocenters. The fourth-order valence-electron chi connectivity index (χ4n) is 3.65. The van der Waals surface area contributed by atoms with Crippen LogP contribution in [0.2, 0.25) is 0 Å². The molecule has 1 aliphatic rings. The smallest absolute Gasteiger partial charge is 0.198 e. The second-order valence-electron chi connectivity index (χ2n) is 8.06. The molecule has 8 heteroatoms. The van der Waals surface area contributed by atoms with Crippen LogP contribution in [0.15, 0.2) is 46.7 Å². The van der Waals surface area contributed by atoms with Gasteiger partial charge in [-0.3, -0.25) is 4.79 Å². The first-order valence-corrected chi connectivity index (χ1v) is 10.3. The summed E-state index contributed by atoms with van der Waals surface area (Å²) in [7, 11) is 2.90. The van der Waals surface area contributed by atoms with Gasteiger partial charge >= 0.3 is 0 Å². The molecule has 0 amide bonds. The zero-order valence-corrected chi connectivity index (χ0v) is 19.1. The van der Waals surface area contributed by atoms with E-state index in [-0.39, 0.29) is 30.2 Å². The SMILES string of the molecule is CON=C(C)c1cc2c(c(OCc3ccccc3/C(=N\OC)C(=O)CN)c1)OC(C)(C)C2. The molecule has 170 valence electrons. The molecule has 2 N–H and O–H groups in total. The van der Waals surface area contributed by atoms with Gasteiger partial charge in [0, 0.05) is 23.1 Å². The molecule has 0 radical (unpaired) electrons. The number of ether oxygens (including phenoxy) is 2. The van der Waals surface area contributed by atoms with Crippen molar-refractivity contribution in [2.45, 2.75) is 39.4 Å². The number of nitrogens with zero attached hydrogens (tertiary/aromatic N) is 2. The Morgan fingerprint density at radius 3 is 2.56 bits per heavy atom. The maximum Gasteiger partial charge on any atom is 0.198 e. The van der Waals surface area contributed by atoms with Crippen molar-refractivity contribution in [2.75, 3.05) is 20.8 Å². The van der Waals surface area contributed by atoms with Crippen LogP contribution in [-0.4, -0.2) is 43.6 Å². The van der Waals surface area contributed by atoms with Gasteiger partial charge in [-0.2, -0.15) is 0 Å². The van der Waals surface area contributed by atoms with Gasteiger partial charge in [0.1, 0.15) is 26.4 Å². The Morgan fingerprint density at radius 1 is 1.16 bits per heavy atom. The van der Waals surface area contributed by atoms with E-state index < -0.39 is 0 Å². The highest BCUT2D eigenvalue weighted by Crippen LogP contribution is 2.43. The van der Waals surface area contributed by atoms with E-state index in [1.54, 1.807) is 6.07 Å². The Labute approximate surface area is 188 Å². The molecular weight excluding hydrogens is 410 g/mol. The van der Waals surface area contributed by atoms with Crippen molar-refractivity contribution in [2.24, 2.45) is 16.0 Å². The predicted octanol–water partition coefficient (Wildman–Crippen LogP) is 3.23. The molecule has 0 aromatic heterocycles. The van der Waals surface area contributed by atoms with Crippen molar-refractivity contribution in [1.29, 1.82) is 0 Å². The maximum absolute atomic E-state index is 12.3. The van der Waals surface area contributed by atoms with Gasteiger partial charge in [0.25, 0.3) is 0 Å². The number of Topliss-reactive ketones (excluding diaryl/α,β-unsaturated/α-hetero) is 1. The molecule has 2 aromatic carbocycles. The second-order valence-corrected chi connectivity index (χ2v) is 8.06. The number of benzene rings is 2. The topological polar surface area (TPSA) is 105 Å². The van der Waals surface area contributed by atoms with Crippen LogP contribution >= 0.6 is 0 Å². The first-order chi connectivity index (χ1) is 15.3. The van der Waals surface area contributed by atoms with E-state index in [4.69, 9.17) is 24.9 Å². The average molecular weight is 440 g/mol. The van der Waals surface area contributed by atoms with Crippen LogP contribution in [0.4, 0.5) is 0 Å². The monoisotopic (exact) mass is 439 g/mol. The predicted molar refractivity (Wildman–Crippen MR) is 122 cm³/mol. The minimum absolute atomic E-state index is 0.161. The van der Waals surface area contributed by atoms with Crippen LogP contribution in [0.1, 0.15) is 43.0 Å². The van der Waals surface area contributed by atoms with Gasteiger partial charge in [0.2, 0.25) is 0 Å². The van der Waals surface area contributed by atoms with E-state index in [2.05, 4.69) is 10.3 Å². The lowest BCUT2D eigenvalue weighted by Crippen LogP contribution is -2.25. The minimum Gasteiger partial charge on any atom is -0.485 e. The number of nitrogens with two attached hydrogens (primary N) is 1. The van der Waals surface area contributed by atoms with Crippen molar-refractivity contribution in [3.05, 3.63) is 58.7 Å². The summed E-state index contributed by atoms with van der Waals surface area (Å²) in [6, 6.07) is 11.3. The molecule has 2 aromatic rings. The van der Waals surface area contributed by atoms with Crippen molar-refractivity contribution in [1.82, 2.24) is 0 Å². The number of carbonyl (C=O) groups is 1. The van der Waals surface area contributed by atoms with E-state index in [1.165, 1.54) is 14.2 Å². The summed E-state index contributed by atoms with van der Waals surface area (Å²) in [5.41, 5.74) is 9.41. The summed E-state index contributed by atoms with van der Waals surface area (Å²) in [6.45, 7) is 5.96. The van der Waals surface area contributed by atoms with Gasteiger partial charge in [-0.05, 0) is 38.5 Å². The van der Waals surface area contributed by atoms with Crippen LogP contribution in [0.3, 0.4) is 0 Å². The van der Waals surface area contributed by atoms with Gasteiger partial charge < -0.3 is 24.9 Å². The van der Waals surface area contributed by atoms with Crippen LogP contribution < -0.4 is 15.2 Å². The molecule has 0 spiro atoms. The quantitative estimate of drug-likeness (QED) is 0.475. The standard InChI is InChI=1S/C24H29N3O5/c1-15(26-29-4)17-10-18-12-24(2,3)32-23(18)21(11-17)31-14-16-8-6-7-9-19(16)22(27-30-5)20(28)13-25/h6-11H,12-14,25H2,1-5H3/b26-15?,27-22+. The number of oxime groups is 2. The maximum atomic E-state index is 12.3. The Bertz CT molecular complexity index is 1060. The van der Waals surface area contributed by atoms with Gasteiger partial charge in [-0.25, -0.2) is 0 Å². The van der Waals surface area contributed by atoms with Crippen LogP contribution in [-0.2, 0) is 27.5 Å². The largest absolute Gasteiger partial charge is 0.485 e. The number of fused-ring (bicyclic) bond motifs is 1. The molecule has 0 aliphatic carbocycles. The Morgan fingerprint density at radius 2 is 1.88 bits per heavy atom. The molecule has 1 heterocycles. The summed E-state index contributed by atoms with van der Waals surface area (Å²) in [6.07, 6.45) is 0.749. The lowest BCUT2D eigenvalue weighted by atomic mass is 9.98. The van der Waals surface area contributed by atoms with Gasteiger partial charge in [0.05, 0.1) is 12.3 Å². The van der Waals surface area contributed by atoms with Gasteiger partial charge in [-0.1, -0.05) is 34.6 Å². The summed E-state index contributed by atoms with van der Waals surface area (Å²) in [5.74, 6) is 0.989. The van der Waals surface area contributed by atoms with Crippen LogP contribution in [0, 0.1) is 0 Å². The number of hydrogen-bond donors (Lipinski definition) is 1.